The van der Waals surface area contributed by atoms with Gasteiger partial charge in [-0.25, -0.2) is 0 Å². The minimum atomic E-state index is -0.728. The van der Waals surface area contributed by atoms with E-state index in [4.69, 9.17) is 15.7 Å². The fourth-order valence-corrected chi connectivity index (χ4v) is 2.56. The molecule has 1 aliphatic carbocycles. The number of carbonyl (C=O) groups is 1. The van der Waals surface area contributed by atoms with Gasteiger partial charge in [0.1, 0.15) is 5.41 Å². The molecule has 1 saturated heterocycles. The van der Waals surface area contributed by atoms with Crippen LogP contribution in [0.4, 0.5) is 0 Å². The number of amides is 1. The summed E-state index contributed by atoms with van der Waals surface area (Å²) in [6.45, 7) is 2.28. The van der Waals surface area contributed by atoms with Crippen molar-refractivity contribution in [3.63, 3.8) is 0 Å². The highest BCUT2D eigenvalue weighted by molar-refractivity contribution is 6.09. The van der Waals surface area contributed by atoms with E-state index in [0.29, 0.717) is 18.8 Å². The summed E-state index contributed by atoms with van der Waals surface area (Å²) in [7, 11) is 1.79. The molecule has 3 N–H and O–H groups in total. The van der Waals surface area contributed by atoms with Crippen molar-refractivity contribution >= 4 is 11.7 Å². The average Bonchev–Trinajstić information content (AvgIpc) is 3.19. The molecular weight excluding hydrogens is 234 g/mol. The Bertz CT molecular complexity index is 346. The molecule has 0 aromatic rings. The number of oxime groups is 1. The first-order valence-electron chi connectivity index (χ1n) is 6.41. The predicted octanol–water partition coefficient (Wildman–Crippen LogP) is 0.398. The molecule has 1 aliphatic heterocycles. The topological polar surface area (TPSA) is 88.2 Å². The normalized spacial score (nSPS) is 23.7. The number of carbonyl (C=O) groups excluding carboxylic acids is 1. The van der Waals surface area contributed by atoms with Gasteiger partial charge in [0.2, 0.25) is 5.91 Å². The summed E-state index contributed by atoms with van der Waals surface area (Å²) in [5, 5.41) is 11.7. The van der Waals surface area contributed by atoms with Gasteiger partial charge in [-0.15, -0.1) is 0 Å². The van der Waals surface area contributed by atoms with Gasteiger partial charge in [0.05, 0.1) is 0 Å². The maximum atomic E-state index is 12.3. The van der Waals surface area contributed by atoms with Crippen molar-refractivity contribution in [3.05, 3.63) is 0 Å². The lowest BCUT2D eigenvalue weighted by Gasteiger charge is -2.29. The van der Waals surface area contributed by atoms with Crippen LogP contribution >= 0.6 is 0 Å². The van der Waals surface area contributed by atoms with E-state index in [1.165, 1.54) is 0 Å². The molecule has 6 heteroatoms. The van der Waals surface area contributed by atoms with Gasteiger partial charge in [-0.1, -0.05) is 5.16 Å². The third-order valence-corrected chi connectivity index (χ3v) is 3.98. The van der Waals surface area contributed by atoms with E-state index in [1.54, 1.807) is 11.9 Å². The Balaban J connectivity index is 1.92. The van der Waals surface area contributed by atoms with Crippen LogP contribution in [0, 0.1) is 11.3 Å². The molecule has 2 rings (SSSR count). The Morgan fingerprint density at radius 2 is 2.11 bits per heavy atom. The van der Waals surface area contributed by atoms with Crippen molar-refractivity contribution < 1.29 is 14.7 Å². The van der Waals surface area contributed by atoms with Gasteiger partial charge in [0, 0.05) is 26.8 Å². The fraction of sp³-hybridized carbons (Fsp3) is 0.833. The van der Waals surface area contributed by atoms with Crippen LogP contribution in [0.25, 0.3) is 0 Å². The van der Waals surface area contributed by atoms with E-state index in [-0.39, 0.29) is 11.7 Å². The van der Waals surface area contributed by atoms with Crippen LogP contribution in [-0.4, -0.2) is 48.7 Å². The number of ether oxygens (including phenoxy) is 1. The molecular formula is C12H21N3O3. The maximum Gasteiger partial charge on any atom is 0.236 e. The summed E-state index contributed by atoms with van der Waals surface area (Å²) in [5.74, 6) is 0.520. The van der Waals surface area contributed by atoms with Crippen LogP contribution in [0.5, 0.6) is 0 Å². The zero-order valence-electron chi connectivity index (χ0n) is 10.8. The minimum absolute atomic E-state index is 0.0238. The number of hydrogen-bond acceptors (Lipinski definition) is 4. The van der Waals surface area contributed by atoms with Crippen molar-refractivity contribution in [1.29, 1.82) is 0 Å². The third kappa shape index (κ3) is 2.43. The Morgan fingerprint density at radius 3 is 2.61 bits per heavy atom. The Hall–Kier alpha value is -1.30. The van der Waals surface area contributed by atoms with Gasteiger partial charge in [-0.3, -0.25) is 4.79 Å². The highest BCUT2D eigenvalue weighted by Crippen LogP contribution is 2.47. The van der Waals surface area contributed by atoms with E-state index in [1.807, 2.05) is 0 Å². The van der Waals surface area contributed by atoms with Crippen molar-refractivity contribution in [2.75, 3.05) is 26.8 Å². The smallest absolute Gasteiger partial charge is 0.236 e. The first-order valence-corrected chi connectivity index (χ1v) is 6.41. The molecule has 1 saturated carbocycles. The molecule has 1 amide bonds. The summed E-state index contributed by atoms with van der Waals surface area (Å²) in [5.41, 5.74) is 4.89. The second-order valence-corrected chi connectivity index (χ2v) is 5.31. The molecule has 0 atom stereocenters. The third-order valence-electron chi connectivity index (χ3n) is 3.98. The SMILES string of the molecule is CN(CC1CCOCC1)C(=O)C1(C(N)=NO)CC1. The highest BCUT2D eigenvalue weighted by atomic mass is 16.5. The highest BCUT2D eigenvalue weighted by Gasteiger charge is 2.55. The van der Waals surface area contributed by atoms with Crippen molar-refractivity contribution in [2.24, 2.45) is 22.2 Å². The summed E-state index contributed by atoms with van der Waals surface area (Å²) in [4.78, 5) is 14.0. The van der Waals surface area contributed by atoms with E-state index in [2.05, 4.69) is 5.16 Å². The minimum Gasteiger partial charge on any atom is -0.409 e. The summed E-state index contributed by atoms with van der Waals surface area (Å²) >= 11 is 0. The summed E-state index contributed by atoms with van der Waals surface area (Å²) in [6.07, 6.45) is 3.35. The number of hydrogen-bond donors (Lipinski definition) is 2. The van der Waals surface area contributed by atoms with Crippen LogP contribution in [0.1, 0.15) is 25.7 Å². The van der Waals surface area contributed by atoms with Crippen LogP contribution < -0.4 is 5.73 Å². The number of amidine groups is 1. The fourth-order valence-electron chi connectivity index (χ4n) is 2.56. The zero-order valence-corrected chi connectivity index (χ0v) is 10.8. The lowest BCUT2D eigenvalue weighted by molar-refractivity contribution is -0.134. The molecule has 1 heterocycles. The standard InChI is InChI=1S/C12H21N3O3/c1-15(8-9-2-6-18-7-3-9)11(16)12(4-5-12)10(13)14-17/h9,17H,2-8H2,1H3,(H2,13,14). The zero-order chi connectivity index (χ0) is 13.2. The largest absolute Gasteiger partial charge is 0.409 e. The van der Waals surface area contributed by atoms with Crippen molar-refractivity contribution in [3.8, 4) is 0 Å². The molecule has 2 aliphatic rings. The van der Waals surface area contributed by atoms with E-state index >= 15 is 0 Å². The van der Waals surface area contributed by atoms with Crippen LogP contribution in [0.15, 0.2) is 5.16 Å². The molecule has 102 valence electrons. The van der Waals surface area contributed by atoms with Crippen molar-refractivity contribution in [2.45, 2.75) is 25.7 Å². The van der Waals surface area contributed by atoms with Gasteiger partial charge in [-0.05, 0) is 31.6 Å². The first kappa shape index (κ1) is 13.1. The molecule has 2 fully saturated rings. The van der Waals surface area contributed by atoms with E-state index in [9.17, 15) is 4.79 Å². The van der Waals surface area contributed by atoms with Crippen LogP contribution in [0.3, 0.4) is 0 Å². The molecule has 0 aromatic carbocycles. The Morgan fingerprint density at radius 1 is 1.50 bits per heavy atom. The molecule has 0 unspecified atom stereocenters. The molecule has 0 bridgehead atoms. The van der Waals surface area contributed by atoms with Crippen molar-refractivity contribution in [1.82, 2.24) is 4.90 Å². The predicted molar refractivity (Wildman–Crippen MR) is 66.3 cm³/mol. The number of nitrogens with zero attached hydrogens (tertiary/aromatic N) is 2. The Kier molecular flexibility index (Phi) is 3.75. The lowest BCUT2D eigenvalue weighted by atomic mass is 9.98. The quantitative estimate of drug-likeness (QED) is 0.329. The molecule has 0 radical (unpaired) electrons. The Labute approximate surface area is 107 Å². The molecule has 0 spiro atoms. The number of rotatable bonds is 4. The maximum absolute atomic E-state index is 12.3. The van der Waals surface area contributed by atoms with E-state index in [0.717, 1.165) is 32.6 Å². The van der Waals surface area contributed by atoms with Gasteiger partial charge in [0.15, 0.2) is 5.84 Å². The molecule has 18 heavy (non-hydrogen) atoms. The number of nitrogens with two attached hydrogens (primary N) is 1. The summed E-state index contributed by atoms with van der Waals surface area (Å²) < 4.78 is 5.30. The first-order chi connectivity index (χ1) is 8.60. The van der Waals surface area contributed by atoms with Crippen LogP contribution in [-0.2, 0) is 9.53 Å². The van der Waals surface area contributed by atoms with Gasteiger partial charge < -0.3 is 20.6 Å². The second-order valence-electron chi connectivity index (χ2n) is 5.31. The monoisotopic (exact) mass is 255 g/mol. The average molecular weight is 255 g/mol. The lowest BCUT2D eigenvalue weighted by Crippen LogP contribution is -2.44. The molecule has 0 aromatic heterocycles. The summed E-state index contributed by atoms with van der Waals surface area (Å²) in [6, 6.07) is 0. The van der Waals surface area contributed by atoms with Gasteiger partial charge >= 0.3 is 0 Å². The second kappa shape index (κ2) is 5.14. The van der Waals surface area contributed by atoms with Gasteiger partial charge in [0.25, 0.3) is 0 Å². The molecule has 6 nitrogen and oxygen atoms in total. The van der Waals surface area contributed by atoms with Crippen LogP contribution in [0.2, 0.25) is 0 Å². The van der Waals surface area contributed by atoms with Gasteiger partial charge in [-0.2, -0.15) is 0 Å². The van der Waals surface area contributed by atoms with E-state index < -0.39 is 5.41 Å².